The Morgan fingerprint density at radius 3 is 2.84 bits per heavy atom. The number of carbonyl (C=O) groups is 2. The topological polar surface area (TPSA) is 79.3 Å². The smallest absolute Gasteiger partial charge is 0.326 e. The zero-order chi connectivity index (χ0) is 13.8. The van der Waals surface area contributed by atoms with Gasteiger partial charge in [-0.2, -0.15) is 11.3 Å². The van der Waals surface area contributed by atoms with E-state index in [1.165, 1.54) is 11.3 Å². The summed E-state index contributed by atoms with van der Waals surface area (Å²) in [6, 6.07) is 1.05. The monoisotopic (exact) mass is 296 g/mol. The fourth-order valence-electron chi connectivity index (χ4n) is 1.47. The van der Waals surface area contributed by atoms with Crippen molar-refractivity contribution in [3.8, 4) is 10.6 Å². The van der Waals surface area contributed by atoms with Gasteiger partial charge < -0.3 is 10.4 Å². The summed E-state index contributed by atoms with van der Waals surface area (Å²) in [6.07, 6.45) is 0.336. The molecule has 0 bridgehead atoms. The Hall–Kier alpha value is -1.73. The Bertz CT molecular complexity index is 578. The number of nitrogens with one attached hydrogen (secondary N) is 1. The molecule has 0 fully saturated rings. The van der Waals surface area contributed by atoms with Gasteiger partial charge >= 0.3 is 5.97 Å². The molecule has 0 spiro atoms. The van der Waals surface area contributed by atoms with Crippen molar-refractivity contribution in [1.82, 2.24) is 10.3 Å². The highest BCUT2D eigenvalue weighted by Gasteiger charge is 2.20. The number of thiophene rings is 1. The van der Waals surface area contributed by atoms with Crippen molar-refractivity contribution in [3.05, 3.63) is 27.9 Å². The third-order valence-corrected chi connectivity index (χ3v) is 4.09. The zero-order valence-corrected chi connectivity index (χ0v) is 11.8. The number of hydrogen-bond donors (Lipinski definition) is 2. The first-order chi connectivity index (χ1) is 9.11. The number of rotatable bonds is 5. The number of carboxylic acids is 1. The molecule has 1 amide bonds. The van der Waals surface area contributed by atoms with Crippen LogP contribution < -0.4 is 5.32 Å². The normalized spacial score (nSPS) is 12.1. The van der Waals surface area contributed by atoms with E-state index < -0.39 is 17.9 Å². The minimum atomic E-state index is -1.04. The highest BCUT2D eigenvalue weighted by atomic mass is 32.1. The second-order valence-corrected chi connectivity index (χ2v) is 5.46. The van der Waals surface area contributed by atoms with Gasteiger partial charge in [0, 0.05) is 16.3 Å². The van der Waals surface area contributed by atoms with Gasteiger partial charge in [0.2, 0.25) is 0 Å². The summed E-state index contributed by atoms with van der Waals surface area (Å²) in [7, 11) is 0. The number of aliphatic carboxylic acids is 1. The van der Waals surface area contributed by atoms with Crippen molar-refractivity contribution in [3.63, 3.8) is 0 Å². The first-order valence-electron chi connectivity index (χ1n) is 5.63. The van der Waals surface area contributed by atoms with Crippen LogP contribution in [-0.2, 0) is 4.79 Å². The fraction of sp³-hybridized carbons (Fsp3) is 0.250. The minimum absolute atomic E-state index is 0.255. The molecular formula is C12H12N2O3S2. The summed E-state index contributed by atoms with van der Waals surface area (Å²) in [6.45, 7) is 1.71. The molecule has 7 heteroatoms. The number of amides is 1. The lowest BCUT2D eigenvalue weighted by Gasteiger charge is -2.10. The molecule has 2 rings (SSSR count). The van der Waals surface area contributed by atoms with Gasteiger partial charge in [-0.3, -0.25) is 4.79 Å². The SMILES string of the molecule is CC[C@@H](NC(=O)c1csc(-c2ccsc2)n1)C(=O)O. The molecule has 0 saturated heterocycles. The van der Waals surface area contributed by atoms with Crippen LogP contribution in [0.1, 0.15) is 23.8 Å². The Labute approximate surface area is 117 Å². The molecule has 0 aromatic carbocycles. The maximum absolute atomic E-state index is 11.9. The van der Waals surface area contributed by atoms with Gasteiger partial charge in [-0.15, -0.1) is 11.3 Å². The van der Waals surface area contributed by atoms with Crippen LogP contribution in [0.3, 0.4) is 0 Å². The van der Waals surface area contributed by atoms with E-state index in [-0.39, 0.29) is 5.69 Å². The molecule has 2 aromatic rings. The van der Waals surface area contributed by atoms with E-state index in [4.69, 9.17) is 5.11 Å². The van der Waals surface area contributed by atoms with Gasteiger partial charge in [-0.25, -0.2) is 9.78 Å². The van der Waals surface area contributed by atoms with Gasteiger partial charge in [-0.1, -0.05) is 6.92 Å². The largest absolute Gasteiger partial charge is 0.480 e. The van der Waals surface area contributed by atoms with Crippen molar-refractivity contribution >= 4 is 34.6 Å². The standard InChI is InChI=1S/C12H12N2O3S2/c1-2-8(12(16)17)13-10(15)9-6-19-11(14-9)7-3-4-18-5-7/h3-6,8H,2H2,1H3,(H,13,15)(H,16,17)/t8-/m1/s1. The van der Waals surface area contributed by atoms with Crippen LogP contribution in [0, 0.1) is 0 Å². The van der Waals surface area contributed by atoms with E-state index in [9.17, 15) is 9.59 Å². The van der Waals surface area contributed by atoms with Crippen molar-refractivity contribution in [2.45, 2.75) is 19.4 Å². The summed E-state index contributed by atoms with van der Waals surface area (Å²) in [5.74, 6) is -1.49. The van der Waals surface area contributed by atoms with Crippen molar-refractivity contribution in [2.75, 3.05) is 0 Å². The predicted octanol–water partition coefficient (Wildman–Crippen LogP) is 2.46. The second-order valence-electron chi connectivity index (χ2n) is 3.82. The van der Waals surface area contributed by atoms with Crippen LogP contribution >= 0.6 is 22.7 Å². The third kappa shape index (κ3) is 3.18. The third-order valence-electron chi connectivity index (χ3n) is 2.52. The lowest BCUT2D eigenvalue weighted by Crippen LogP contribution is -2.40. The molecule has 0 radical (unpaired) electrons. The highest BCUT2D eigenvalue weighted by molar-refractivity contribution is 7.14. The molecule has 5 nitrogen and oxygen atoms in total. The van der Waals surface area contributed by atoms with Crippen LogP contribution in [0.4, 0.5) is 0 Å². The maximum Gasteiger partial charge on any atom is 0.326 e. The molecule has 0 unspecified atom stereocenters. The lowest BCUT2D eigenvalue weighted by molar-refractivity contribution is -0.139. The number of carbonyl (C=O) groups excluding carboxylic acids is 1. The van der Waals surface area contributed by atoms with Crippen LogP contribution in [0.5, 0.6) is 0 Å². The number of hydrogen-bond acceptors (Lipinski definition) is 5. The average molecular weight is 296 g/mol. The van der Waals surface area contributed by atoms with E-state index >= 15 is 0 Å². The van der Waals surface area contributed by atoms with Crippen LogP contribution in [0.25, 0.3) is 10.6 Å². The molecule has 2 heterocycles. The number of nitrogens with zero attached hydrogens (tertiary/aromatic N) is 1. The van der Waals surface area contributed by atoms with Gasteiger partial charge in [0.25, 0.3) is 5.91 Å². The first kappa shape index (κ1) is 13.7. The fourth-order valence-corrected chi connectivity index (χ4v) is 2.98. The summed E-state index contributed by atoms with van der Waals surface area (Å²) < 4.78 is 0. The molecule has 0 aliphatic carbocycles. The Morgan fingerprint density at radius 1 is 1.47 bits per heavy atom. The molecule has 2 aromatic heterocycles. The van der Waals surface area contributed by atoms with Gasteiger partial charge in [0.1, 0.15) is 16.7 Å². The van der Waals surface area contributed by atoms with E-state index in [1.54, 1.807) is 23.6 Å². The average Bonchev–Trinajstić information content (AvgIpc) is 3.04. The predicted molar refractivity (Wildman–Crippen MR) is 74.6 cm³/mol. The lowest BCUT2D eigenvalue weighted by atomic mass is 10.2. The summed E-state index contributed by atoms with van der Waals surface area (Å²) in [5, 5.41) is 17.6. The second kappa shape index (κ2) is 5.94. The Morgan fingerprint density at radius 2 is 2.26 bits per heavy atom. The molecule has 0 aliphatic heterocycles. The molecule has 0 saturated carbocycles. The molecule has 2 N–H and O–H groups in total. The Balaban J connectivity index is 2.10. The van der Waals surface area contributed by atoms with Crippen molar-refractivity contribution in [1.29, 1.82) is 0 Å². The van der Waals surface area contributed by atoms with Crippen molar-refractivity contribution in [2.24, 2.45) is 0 Å². The number of aromatic nitrogens is 1. The maximum atomic E-state index is 11.9. The van der Waals surface area contributed by atoms with Crippen LogP contribution in [0.15, 0.2) is 22.2 Å². The zero-order valence-electron chi connectivity index (χ0n) is 10.1. The molecule has 0 aliphatic rings. The molecular weight excluding hydrogens is 284 g/mol. The Kier molecular flexibility index (Phi) is 4.28. The van der Waals surface area contributed by atoms with Crippen LogP contribution in [-0.4, -0.2) is 28.0 Å². The highest BCUT2D eigenvalue weighted by Crippen LogP contribution is 2.25. The van der Waals surface area contributed by atoms with E-state index in [0.29, 0.717) is 6.42 Å². The van der Waals surface area contributed by atoms with Crippen LogP contribution in [0.2, 0.25) is 0 Å². The van der Waals surface area contributed by atoms with Gasteiger partial charge in [0.15, 0.2) is 0 Å². The molecule has 100 valence electrons. The molecule has 1 atom stereocenters. The van der Waals surface area contributed by atoms with E-state index in [0.717, 1.165) is 10.6 Å². The summed E-state index contributed by atoms with van der Waals surface area (Å²) in [5.41, 5.74) is 1.23. The first-order valence-corrected chi connectivity index (χ1v) is 7.45. The minimum Gasteiger partial charge on any atom is -0.480 e. The number of carboxylic acid groups (broad SMARTS) is 1. The summed E-state index contributed by atoms with van der Waals surface area (Å²) in [4.78, 5) is 27.0. The van der Waals surface area contributed by atoms with Crippen molar-refractivity contribution < 1.29 is 14.7 Å². The van der Waals surface area contributed by atoms with Gasteiger partial charge in [0.05, 0.1) is 0 Å². The number of thiazole rings is 1. The van der Waals surface area contributed by atoms with Gasteiger partial charge in [-0.05, 0) is 17.9 Å². The molecule has 19 heavy (non-hydrogen) atoms. The summed E-state index contributed by atoms with van der Waals surface area (Å²) >= 11 is 2.92. The van der Waals surface area contributed by atoms with E-state index in [2.05, 4.69) is 10.3 Å². The van der Waals surface area contributed by atoms with E-state index in [1.807, 2.05) is 16.8 Å². The quantitative estimate of drug-likeness (QED) is 0.888.